The first-order valence-electron chi connectivity index (χ1n) is 7.09. The van der Waals surface area contributed by atoms with E-state index in [1.807, 2.05) is 19.2 Å². The Labute approximate surface area is 128 Å². The van der Waals surface area contributed by atoms with Crippen LogP contribution in [0.4, 0.5) is 4.79 Å². The zero-order valence-corrected chi connectivity index (χ0v) is 13.1. The van der Waals surface area contributed by atoms with Crippen LogP contribution in [0.15, 0.2) is 11.6 Å². The normalized spacial score (nSPS) is 22.0. The van der Waals surface area contributed by atoms with Crippen LogP contribution in [0.2, 0.25) is 0 Å². The van der Waals surface area contributed by atoms with Crippen LogP contribution in [0, 0.1) is 11.8 Å². The molecule has 1 aliphatic carbocycles. The third kappa shape index (κ3) is 3.93. The molecule has 2 unspecified atom stereocenters. The monoisotopic (exact) mass is 311 g/mol. The molecular weight excluding hydrogens is 290 g/mol. The molecule has 0 saturated heterocycles. The number of hydrogen-bond donors (Lipinski definition) is 3. The van der Waals surface area contributed by atoms with E-state index in [4.69, 9.17) is 5.11 Å². The minimum atomic E-state index is -0.761. The Kier molecular flexibility index (Phi) is 4.82. The molecule has 1 heterocycles. The van der Waals surface area contributed by atoms with E-state index in [-0.39, 0.29) is 17.9 Å². The molecule has 2 rings (SSSR count). The second-order valence-corrected chi connectivity index (χ2v) is 6.83. The summed E-state index contributed by atoms with van der Waals surface area (Å²) in [5.41, 5.74) is -0.542. The van der Waals surface area contributed by atoms with Crippen LogP contribution in [-0.2, 0) is 10.3 Å². The third-order valence-corrected chi connectivity index (χ3v) is 4.99. The first-order valence-corrected chi connectivity index (χ1v) is 7.97. The lowest BCUT2D eigenvalue weighted by molar-refractivity contribution is -0.142. The Morgan fingerprint density at radius 2 is 2.24 bits per heavy atom. The van der Waals surface area contributed by atoms with Crippen LogP contribution in [0.25, 0.3) is 0 Å². The Balaban J connectivity index is 1.84. The Hall–Kier alpha value is -1.63. The van der Waals surface area contributed by atoms with Gasteiger partial charge in [-0.1, -0.05) is 6.42 Å². The van der Waals surface area contributed by atoms with Gasteiger partial charge in [0, 0.05) is 18.1 Å². The fourth-order valence-corrected chi connectivity index (χ4v) is 3.46. The summed E-state index contributed by atoms with van der Waals surface area (Å²) in [5.74, 6) is -1.07. The smallest absolute Gasteiger partial charge is 0.315 e. The van der Waals surface area contributed by atoms with Crippen molar-refractivity contribution < 1.29 is 14.7 Å². The standard InChI is InChI=1S/C14H21N3O3S/c1-14(2,12-15-6-7-21-12)17-13(20)16-8-9-4-3-5-10(9)11(18)19/h6-7,9-10H,3-5,8H2,1-2H3,(H,18,19)(H2,16,17,20). The molecule has 116 valence electrons. The van der Waals surface area contributed by atoms with E-state index in [1.165, 1.54) is 11.3 Å². The van der Waals surface area contributed by atoms with Gasteiger partial charge in [-0.25, -0.2) is 9.78 Å². The number of aliphatic carboxylic acids is 1. The summed E-state index contributed by atoms with van der Waals surface area (Å²) in [6.45, 7) is 4.18. The van der Waals surface area contributed by atoms with Crippen molar-refractivity contribution in [1.29, 1.82) is 0 Å². The van der Waals surface area contributed by atoms with Gasteiger partial charge in [0.05, 0.1) is 11.5 Å². The fourth-order valence-electron chi connectivity index (χ4n) is 2.74. The number of carboxylic acids is 1. The number of rotatable bonds is 5. The number of nitrogens with one attached hydrogen (secondary N) is 2. The summed E-state index contributed by atoms with van der Waals surface area (Å²) in [7, 11) is 0. The summed E-state index contributed by atoms with van der Waals surface area (Å²) in [6, 6.07) is -0.286. The van der Waals surface area contributed by atoms with E-state index in [0.29, 0.717) is 13.0 Å². The van der Waals surface area contributed by atoms with Gasteiger partial charge in [-0.15, -0.1) is 11.3 Å². The van der Waals surface area contributed by atoms with Crippen LogP contribution < -0.4 is 10.6 Å². The summed E-state index contributed by atoms with van der Waals surface area (Å²) in [6.07, 6.45) is 4.17. The first kappa shape index (κ1) is 15.8. The van der Waals surface area contributed by atoms with Crippen molar-refractivity contribution in [2.75, 3.05) is 6.54 Å². The van der Waals surface area contributed by atoms with E-state index in [1.54, 1.807) is 6.20 Å². The van der Waals surface area contributed by atoms with E-state index in [9.17, 15) is 9.59 Å². The van der Waals surface area contributed by atoms with Crippen molar-refractivity contribution in [3.8, 4) is 0 Å². The number of thiazole rings is 1. The molecule has 7 heteroatoms. The SMILES string of the molecule is CC(C)(NC(=O)NCC1CCCC1C(=O)O)c1nccs1. The van der Waals surface area contributed by atoms with Gasteiger partial charge in [0.1, 0.15) is 5.01 Å². The second-order valence-electron chi connectivity index (χ2n) is 5.93. The average molecular weight is 311 g/mol. The van der Waals surface area contributed by atoms with Crippen molar-refractivity contribution in [1.82, 2.24) is 15.6 Å². The molecule has 1 aromatic heterocycles. The van der Waals surface area contributed by atoms with Gasteiger partial charge in [0.2, 0.25) is 0 Å². The van der Waals surface area contributed by atoms with E-state index >= 15 is 0 Å². The summed E-state index contributed by atoms with van der Waals surface area (Å²) in [5, 5.41) is 17.5. The molecular formula is C14H21N3O3S. The average Bonchev–Trinajstić information content (AvgIpc) is 3.07. The first-order chi connectivity index (χ1) is 9.90. The van der Waals surface area contributed by atoms with Gasteiger partial charge >= 0.3 is 12.0 Å². The van der Waals surface area contributed by atoms with Gasteiger partial charge in [0.25, 0.3) is 0 Å². The lowest BCUT2D eigenvalue weighted by atomic mass is 9.96. The van der Waals surface area contributed by atoms with E-state index in [2.05, 4.69) is 15.6 Å². The van der Waals surface area contributed by atoms with Crippen LogP contribution in [-0.4, -0.2) is 28.6 Å². The lowest BCUT2D eigenvalue weighted by Crippen LogP contribution is -2.47. The van der Waals surface area contributed by atoms with Crippen LogP contribution in [0.3, 0.4) is 0 Å². The Morgan fingerprint density at radius 1 is 1.48 bits per heavy atom. The third-order valence-electron chi connectivity index (χ3n) is 3.89. The summed E-state index contributed by atoms with van der Waals surface area (Å²) < 4.78 is 0. The second kappa shape index (κ2) is 6.43. The molecule has 0 radical (unpaired) electrons. The molecule has 6 nitrogen and oxygen atoms in total. The Bertz CT molecular complexity index is 502. The highest BCUT2D eigenvalue weighted by molar-refractivity contribution is 7.09. The number of hydrogen-bond acceptors (Lipinski definition) is 4. The summed E-state index contributed by atoms with van der Waals surface area (Å²) >= 11 is 1.49. The predicted molar refractivity (Wildman–Crippen MR) is 80.1 cm³/mol. The molecule has 21 heavy (non-hydrogen) atoms. The molecule has 1 aliphatic rings. The van der Waals surface area contributed by atoms with Crippen LogP contribution in [0.1, 0.15) is 38.1 Å². The van der Waals surface area contributed by atoms with Crippen molar-refractivity contribution in [2.24, 2.45) is 11.8 Å². The van der Waals surface area contributed by atoms with Gasteiger partial charge < -0.3 is 15.7 Å². The van der Waals surface area contributed by atoms with Gasteiger partial charge in [0.15, 0.2) is 0 Å². The van der Waals surface area contributed by atoms with Crippen molar-refractivity contribution in [3.05, 3.63) is 16.6 Å². The highest BCUT2D eigenvalue weighted by Gasteiger charge is 2.33. The molecule has 1 saturated carbocycles. The van der Waals surface area contributed by atoms with Crippen LogP contribution >= 0.6 is 11.3 Å². The predicted octanol–water partition coefficient (Wildman–Crippen LogP) is 2.18. The molecule has 0 spiro atoms. The Morgan fingerprint density at radius 3 is 2.86 bits per heavy atom. The largest absolute Gasteiger partial charge is 0.481 e. The highest BCUT2D eigenvalue weighted by atomic mass is 32.1. The topological polar surface area (TPSA) is 91.3 Å². The maximum absolute atomic E-state index is 12.0. The molecule has 2 amide bonds. The highest BCUT2D eigenvalue weighted by Crippen LogP contribution is 2.31. The zero-order chi connectivity index (χ0) is 15.5. The number of aromatic nitrogens is 1. The molecule has 3 N–H and O–H groups in total. The fraction of sp³-hybridized carbons (Fsp3) is 0.643. The number of amides is 2. The van der Waals surface area contributed by atoms with Crippen LogP contribution in [0.5, 0.6) is 0 Å². The molecule has 1 aromatic rings. The van der Waals surface area contributed by atoms with E-state index < -0.39 is 11.5 Å². The molecule has 2 atom stereocenters. The van der Waals surface area contributed by atoms with Gasteiger partial charge in [-0.05, 0) is 32.6 Å². The number of carbonyl (C=O) groups is 2. The summed E-state index contributed by atoms with van der Waals surface area (Å²) in [4.78, 5) is 27.3. The number of nitrogens with zero attached hydrogens (tertiary/aromatic N) is 1. The maximum Gasteiger partial charge on any atom is 0.315 e. The quantitative estimate of drug-likeness (QED) is 0.777. The van der Waals surface area contributed by atoms with E-state index in [0.717, 1.165) is 17.8 Å². The van der Waals surface area contributed by atoms with Crippen molar-refractivity contribution >= 4 is 23.3 Å². The van der Waals surface area contributed by atoms with Crippen molar-refractivity contribution in [3.63, 3.8) is 0 Å². The van der Waals surface area contributed by atoms with Crippen molar-refractivity contribution in [2.45, 2.75) is 38.6 Å². The molecule has 0 aromatic carbocycles. The lowest BCUT2D eigenvalue weighted by Gasteiger charge is -2.25. The maximum atomic E-state index is 12.0. The number of carboxylic acid groups (broad SMARTS) is 1. The van der Waals surface area contributed by atoms with Gasteiger partial charge in [-0.2, -0.15) is 0 Å². The molecule has 0 aliphatic heterocycles. The number of carbonyl (C=O) groups excluding carboxylic acids is 1. The molecule has 0 bridgehead atoms. The minimum Gasteiger partial charge on any atom is -0.481 e. The van der Waals surface area contributed by atoms with Gasteiger partial charge in [-0.3, -0.25) is 4.79 Å². The molecule has 1 fully saturated rings. The minimum absolute atomic E-state index is 0.0243. The number of urea groups is 1. The zero-order valence-electron chi connectivity index (χ0n) is 12.3.